The lowest BCUT2D eigenvalue weighted by Crippen LogP contribution is -2.32. The van der Waals surface area contributed by atoms with E-state index in [-0.39, 0.29) is 23.1 Å². The molecule has 16 heavy (non-hydrogen) atoms. The van der Waals surface area contributed by atoms with Gasteiger partial charge in [0, 0.05) is 0 Å². The summed E-state index contributed by atoms with van der Waals surface area (Å²) < 4.78 is 0. The minimum Gasteiger partial charge on any atom is -0.506 e. The van der Waals surface area contributed by atoms with Gasteiger partial charge in [-0.3, -0.25) is 15.2 Å². The van der Waals surface area contributed by atoms with Crippen LogP contribution in [-0.4, -0.2) is 32.6 Å². The van der Waals surface area contributed by atoms with Crippen LogP contribution in [0.4, 0.5) is 5.69 Å². The van der Waals surface area contributed by atoms with Crippen LogP contribution in [-0.2, 0) is 11.2 Å². The SMILES string of the molecule is N[C@@H](Cc1ccc(O)c(N(O)O)c1)C(=O)O. The number of benzene rings is 1. The van der Waals surface area contributed by atoms with Crippen molar-refractivity contribution in [3.63, 3.8) is 0 Å². The van der Waals surface area contributed by atoms with E-state index in [0.717, 1.165) is 0 Å². The van der Waals surface area contributed by atoms with Crippen molar-refractivity contribution in [2.45, 2.75) is 12.5 Å². The van der Waals surface area contributed by atoms with Gasteiger partial charge in [0.25, 0.3) is 0 Å². The lowest BCUT2D eigenvalue weighted by atomic mass is 10.1. The first-order valence-corrected chi connectivity index (χ1v) is 4.40. The van der Waals surface area contributed by atoms with Gasteiger partial charge in [-0.15, -0.1) is 5.23 Å². The molecule has 0 aliphatic carbocycles. The number of carboxylic acid groups (broad SMARTS) is 1. The molecule has 0 amide bonds. The first kappa shape index (κ1) is 12.2. The predicted molar refractivity (Wildman–Crippen MR) is 53.5 cm³/mol. The minimum atomic E-state index is -1.15. The Kier molecular flexibility index (Phi) is 3.67. The molecule has 0 spiro atoms. The molecule has 0 heterocycles. The van der Waals surface area contributed by atoms with Crippen LogP contribution in [0.5, 0.6) is 5.75 Å². The molecule has 1 aromatic rings. The number of phenols is 1. The molecule has 1 aromatic carbocycles. The van der Waals surface area contributed by atoms with E-state index < -0.39 is 12.0 Å². The Hall–Kier alpha value is -1.83. The highest BCUT2D eigenvalue weighted by Gasteiger charge is 2.14. The molecule has 88 valence electrons. The van der Waals surface area contributed by atoms with Gasteiger partial charge in [-0.1, -0.05) is 6.07 Å². The first-order valence-electron chi connectivity index (χ1n) is 4.40. The normalized spacial score (nSPS) is 12.2. The molecule has 7 heteroatoms. The van der Waals surface area contributed by atoms with Crippen molar-refractivity contribution in [1.29, 1.82) is 0 Å². The number of aliphatic carboxylic acids is 1. The fourth-order valence-electron chi connectivity index (χ4n) is 1.20. The predicted octanol–water partition coefficient (Wildman–Crippen LogP) is -0.0686. The fraction of sp³-hybridized carbons (Fsp3) is 0.222. The summed E-state index contributed by atoms with van der Waals surface area (Å²) in [7, 11) is 0. The van der Waals surface area contributed by atoms with Crippen LogP contribution in [0.1, 0.15) is 5.56 Å². The van der Waals surface area contributed by atoms with E-state index in [1.54, 1.807) is 0 Å². The number of anilines is 1. The van der Waals surface area contributed by atoms with E-state index in [4.69, 9.17) is 21.3 Å². The van der Waals surface area contributed by atoms with Crippen molar-refractivity contribution in [1.82, 2.24) is 0 Å². The Balaban J connectivity index is 2.91. The van der Waals surface area contributed by atoms with E-state index in [0.29, 0.717) is 5.56 Å². The molecule has 6 N–H and O–H groups in total. The average Bonchev–Trinajstić information content (AvgIpc) is 2.20. The Morgan fingerprint density at radius 3 is 2.56 bits per heavy atom. The third-order valence-electron chi connectivity index (χ3n) is 2.03. The highest BCUT2D eigenvalue weighted by atomic mass is 16.8. The van der Waals surface area contributed by atoms with Crippen molar-refractivity contribution < 1.29 is 25.4 Å². The maximum Gasteiger partial charge on any atom is 0.320 e. The van der Waals surface area contributed by atoms with Crippen LogP contribution in [0.3, 0.4) is 0 Å². The third kappa shape index (κ3) is 2.83. The number of phenolic OH excluding ortho intramolecular Hbond substituents is 1. The molecule has 0 aromatic heterocycles. The van der Waals surface area contributed by atoms with E-state index in [1.807, 2.05) is 0 Å². The van der Waals surface area contributed by atoms with Crippen molar-refractivity contribution in [3.05, 3.63) is 23.8 Å². The van der Waals surface area contributed by atoms with Gasteiger partial charge in [0.05, 0.1) is 0 Å². The largest absolute Gasteiger partial charge is 0.506 e. The summed E-state index contributed by atoms with van der Waals surface area (Å²) in [6.45, 7) is 0. The van der Waals surface area contributed by atoms with Crippen LogP contribution in [0.2, 0.25) is 0 Å². The average molecular weight is 228 g/mol. The standard InChI is InChI=1S/C9H12N2O5/c10-6(9(13)14)3-5-1-2-8(12)7(4-5)11(15)16/h1-2,4,6,12,15-16H,3,10H2,(H,13,14)/t6-/m0/s1. The number of rotatable bonds is 4. The summed E-state index contributed by atoms with van der Waals surface area (Å²) in [4.78, 5) is 10.5. The summed E-state index contributed by atoms with van der Waals surface area (Å²) >= 11 is 0. The van der Waals surface area contributed by atoms with Crippen molar-refractivity contribution in [2.24, 2.45) is 5.73 Å². The maximum absolute atomic E-state index is 10.5. The number of carboxylic acids is 1. The Morgan fingerprint density at radius 2 is 2.06 bits per heavy atom. The molecule has 0 aliphatic heterocycles. The molecule has 0 radical (unpaired) electrons. The number of hydrogen-bond acceptors (Lipinski definition) is 6. The zero-order chi connectivity index (χ0) is 12.3. The lowest BCUT2D eigenvalue weighted by molar-refractivity contribution is -0.138. The second kappa shape index (κ2) is 4.79. The van der Waals surface area contributed by atoms with E-state index in [9.17, 15) is 9.90 Å². The van der Waals surface area contributed by atoms with Gasteiger partial charge < -0.3 is 15.9 Å². The number of carbonyl (C=O) groups is 1. The summed E-state index contributed by atoms with van der Waals surface area (Å²) in [5, 5.41) is 35.1. The molecule has 0 unspecified atom stereocenters. The highest BCUT2D eigenvalue weighted by Crippen LogP contribution is 2.26. The molecular weight excluding hydrogens is 216 g/mol. The van der Waals surface area contributed by atoms with E-state index >= 15 is 0 Å². The Morgan fingerprint density at radius 1 is 1.44 bits per heavy atom. The second-order valence-corrected chi connectivity index (χ2v) is 3.26. The number of nitrogens with zero attached hydrogens (tertiary/aromatic N) is 1. The van der Waals surface area contributed by atoms with Crippen molar-refractivity contribution >= 4 is 11.7 Å². The van der Waals surface area contributed by atoms with Crippen molar-refractivity contribution in [3.8, 4) is 5.75 Å². The molecule has 1 atom stereocenters. The van der Waals surface area contributed by atoms with Crippen molar-refractivity contribution in [2.75, 3.05) is 5.23 Å². The van der Waals surface area contributed by atoms with Gasteiger partial charge in [-0.2, -0.15) is 0 Å². The monoisotopic (exact) mass is 228 g/mol. The van der Waals surface area contributed by atoms with Gasteiger partial charge in [0.1, 0.15) is 17.5 Å². The van der Waals surface area contributed by atoms with Crippen LogP contribution < -0.4 is 11.0 Å². The highest BCUT2D eigenvalue weighted by molar-refractivity contribution is 5.73. The van der Waals surface area contributed by atoms with Gasteiger partial charge in [-0.25, -0.2) is 0 Å². The smallest absolute Gasteiger partial charge is 0.320 e. The van der Waals surface area contributed by atoms with Crippen LogP contribution in [0.25, 0.3) is 0 Å². The molecule has 0 saturated heterocycles. The van der Waals surface area contributed by atoms with Gasteiger partial charge >= 0.3 is 5.97 Å². The summed E-state index contributed by atoms with van der Waals surface area (Å²) in [5.74, 6) is -1.49. The second-order valence-electron chi connectivity index (χ2n) is 3.26. The molecule has 7 nitrogen and oxygen atoms in total. The summed E-state index contributed by atoms with van der Waals surface area (Å²) in [5.41, 5.74) is 5.54. The molecule has 0 fully saturated rings. The van der Waals surface area contributed by atoms with E-state index in [1.165, 1.54) is 18.2 Å². The fourth-order valence-corrected chi connectivity index (χ4v) is 1.20. The molecule has 0 aliphatic rings. The Bertz CT molecular complexity index is 393. The topological polar surface area (TPSA) is 127 Å². The van der Waals surface area contributed by atoms with Crippen LogP contribution in [0.15, 0.2) is 18.2 Å². The maximum atomic E-state index is 10.5. The van der Waals surface area contributed by atoms with Gasteiger partial charge in [0.15, 0.2) is 0 Å². The quantitative estimate of drug-likeness (QED) is 0.456. The molecule has 0 saturated carbocycles. The zero-order valence-corrected chi connectivity index (χ0v) is 8.24. The summed E-state index contributed by atoms with van der Waals surface area (Å²) in [6.07, 6.45) is 0.0243. The number of nitrogens with two attached hydrogens (primary N) is 1. The van der Waals surface area contributed by atoms with E-state index in [2.05, 4.69) is 0 Å². The van der Waals surface area contributed by atoms with Crippen LogP contribution >= 0.6 is 0 Å². The van der Waals surface area contributed by atoms with Gasteiger partial charge in [-0.05, 0) is 24.1 Å². The number of aromatic hydroxyl groups is 1. The minimum absolute atomic E-state index is 0.0243. The zero-order valence-electron chi connectivity index (χ0n) is 8.24. The molecular formula is C9H12N2O5. The number of hydrogen-bond donors (Lipinski definition) is 5. The first-order chi connectivity index (χ1) is 7.41. The van der Waals surface area contributed by atoms with Crippen LogP contribution in [0, 0.1) is 0 Å². The molecule has 0 bridgehead atoms. The third-order valence-corrected chi connectivity index (χ3v) is 2.03. The lowest BCUT2D eigenvalue weighted by Gasteiger charge is -2.12. The summed E-state index contributed by atoms with van der Waals surface area (Å²) in [6, 6.07) is 2.82. The molecule has 1 rings (SSSR count). The Labute approximate surface area is 90.9 Å². The van der Waals surface area contributed by atoms with Gasteiger partial charge in [0.2, 0.25) is 0 Å².